The van der Waals surface area contributed by atoms with Gasteiger partial charge in [0, 0.05) is 12.5 Å². The topological polar surface area (TPSA) is 104 Å². The summed E-state index contributed by atoms with van der Waals surface area (Å²) in [5.74, 6) is -0.306. The average Bonchev–Trinajstić information content (AvgIpc) is 2.55. The van der Waals surface area contributed by atoms with E-state index in [0.717, 1.165) is 5.56 Å². The Labute approximate surface area is 139 Å². The van der Waals surface area contributed by atoms with E-state index in [-0.39, 0.29) is 18.2 Å². The molecule has 1 aromatic heterocycles. The number of aromatic amines is 1. The lowest BCUT2D eigenvalue weighted by Crippen LogP contribution is -2.27. The highest BCUT2D eigenvalue weighted by Crippen LogP contribution is 2.15. The van der Waals surface area contributed by atoms with Crippen LogP contribution in [-0.2, 0) is 6.54 Å². The van der Waals surface area contributed by atoms with Crippen LogP contribution in [0.25, 0.3) is 0 Å². The Bertz CT molecular complexity index is 784. The van der Waals surface area contributed by atoms with Crippen molar-refractivity contribution >= 4 is 5.91 Å². The molecule has 1 heterocycles. The fourth-order valence-corrected chi connectivity index (χ4v) is 2.09. The number of nitrogens with one attached hydrogen (secondary N) is 2. The van der Waals surface area contributed by atoms with Gasteiger partial charge in [-0.3, -0.25) is 9.59 Å². The van der Waals surface area contributed by atoms with Crippen LogP contribution in [0, 0.1) is 0 Å². The zero-order valence-electron chi connectivity index (χ0n) is 13.9. The highest BCUT2D eigenvalue weighted by atomic mass is 16.5. The van der Waals surface area contributed by atoms with E-state index in [1.807, 2.05) is 45.0 Å². The van der Waals surface area contributed by atoms with Gasteiger partial charge in [0.15, 0.2) is 5.69 Å². The molecule has 1 amide bonds. The first kappa shape index (κ1) is 17.5. The van der Waals surface area contributed by atoms with E-state index in [2.05, 4.69) is 15.3 Å². The molecule has 3 N–H and O–H groups in total. The Morgan fingerprint density at radius 3 is 2.83 bits per heavy atom. The minimum atomic E-state index is -0.725. The third kappa shape index (κ3) is 4.13. The van der Waals surface area contributed by atoms with Gasteiger partial charge in [0.25, 0.3) is 11.5 Å². The van der Waals surface area contributed by atoms with E-state index in [9.17, 15) is 14.7 Å². The monoisotopic (exact) mass is 331 g/mol. The lowest BCUT2D eigenvalue weighted by atomic mass is 10.2. The number of aromatic nitrogens is 2. The molecule has 0 atom stereocenters. The maximum Gasteiger partial charge on any atom is 0.293 e. The molecule has 128 valence electrons. The Morgan fingerprint density at radius 1 is 1.42 bits per heavy atom. The van der Waals surface area contributed by atoms with Gasteiger partial charge in [-0.1, -0.05) is 26.0 Å². The van der Waals surface area contributed by atoms with Gasteiger partial charge in [0.2, 0.25) is 5.75 Å². The Kier molecular flexibility index (Phi) is 5.57. The smallest absolute Gasteiger partial charge is 0.293 e. The maximum atomic E-state index is 12.3. The fraction of sp³-hybridized carbons (Fsp3) is 0.353. The van der Waals surface area contributed by atoms with Crippen molar-refractivity contribution in [2.75, 3.05) is 6.61 Å². The number of aromatic hydroxyl groups is 1. The predicted molar refractivity (Wildman–Crippen MR) is 89.4 cm³/mol. The molecule has 24 heavy (non-hydrogen) atoms. The minimum Gasteiger partial charge on any atom is -0.501 e. The van der Waals surface area contributed by atoms with Gasteiger partial charge in [-0.25, -0.2) is 4.98 Å². The number of hydrogen-bond acceptors (Lipinski definition) is 5. The molecule has 0 fully saturated rings. The van der Waals surface area contributed by atoms with Crippen LogP contribution in [0.1, 0.15) is 48.6 Å². The molecule has 0 aliphatic heterocycles. The second-order valence-electron chi connectivity index (χ2n) is 5.57. The summed E-state index contributed by atoms with van der Waals surface area (Å²) in [6, 6.07) is 7.31. The molecule has 2 rings (SSSR count). The molecule has 0 spiro atoms. The number of hydrogen-bond donors (Lipinski definition) is 3. The number of carbonyl (C=O) groups excluding carboxylic acids is 1. The first-order valence-electron chi connectivity index (χ1n) is 7.75. The molecule has 7 heteroatoms. The van der Waals surface area contributed by atoms with Crippen LogP contribution in [0.4, 0.5) is 0 Å². The van der Waals surface area contributed by atoms with Crippen molar-refractivity contribution in [2.45, 2.75) is 33.2 Å². The molecular formula is C17H21N3O4. The number of nitrogens with zero attached hydrogens (tertiary/aromatic N) is 1. The van der Waals surface area contributed by atoms with E-state index in [1.165, 1.54) is 0 Å². The molecule has 0 bridgehead atoms. The summed E-state index contributed by atoms with van der Waals surface area (Å²) in [6.45, 7) is 6.33. The third-order valence-corrected chi connectivity index (χ3v) is 3.34. The van der Waals surface area contributed by atoms with E-state index in [1.54, 1.807) is 0 Å². The van der Waals surface area contributed by atoms with Gasteiger partial charge >= 0.3 is 0 Å². The second kappa shape index (κ2) is 7.63. The van der Waals surface area contributed by atoms with Crippen molar-refractivity contribution in [1.82, 2.24) is 15.3 Å². The SMILES string of the molecule is CCOc1cccc(CNC(=O)c2nc(C(C)C)[nH]c(=O)c2O)c1. The number of rotatable bonds is 6. The summed E-state index contributed by atoms with van der Waals surface area (Å²) in [7, 11) is 0. The third-order valence-electron chi connectivity index (χ3n) is 3.34. The quantitative estimate of drug-likeness (QED) is 0.750. The highest BCUT2D eigenvalue weighted by molar-refractivity contribution is 5.94. The summed E-state index contributed by atoms with van der Waals surface area (Å²) >= 11 is 0. The molecule has 0 radical (unpaired) electrons. The van der Waals surface area contributed by atoms with Crippen LogP contribution in [0.5, 0.6) is 11.5 Å². The summed E-state index contributed by atoms with van der Waals surface area (Å²) in [5, 5.41) is 12.4. The number of carbonyl (C=O) groups is 1. The molecule has 0 saturated carbocycles. The van der Waals surface area contributed by atoms with Gasteiger partial charge < -0.3 is 20.1 Å². The summed E-state index contributed by atoms with van der Waals surface area (Å²) in [5.41, 5.74) is -0.164. The zero-order valence-corrected chi connectivity index (χ0v) is 13.9. The van der Waals surface area contributed by atoms with Gasteiger partial charge in [-0.2, -0.15) is 0 Å². The van der Waals surface area contributed by atoms with Crippen LogP contribution in [0.15, 0.2) is 29.1 Å². The van der Waals surface area contributed by atoms with Crippen molar-refractivity contribution in [3.63, 3.8) is 0 Å². The maximum absolute atomic E-state index is 12.3. The Balaban J connectivity index is 2.15. The van der Waals surface area contributed by atoms with Gasteiger partial charge in [0.1, 0.15) is 11.6 Å². The number of amides is 1. The van der Waals surface area contributed by atoms with Gasteiger partial charge in [0.05, 0.1) is 6.61 Å². The van der Waals surface area contributed by atoms with Crippen molar-refractivity contribution in [1.29, 1.82) is 0 Å². The first-order valence-corrected chi connectivity index (χ1v) is 7.75. The minimum absolute atomic E-state index is 0.0762. The highest BCUT2D eigenvalue weighted by Gasteiger charge is 2.18. The van der Waals surface area contributed by atoms with Crippen LogP contribution >= 0.6 is 0 Å². The number of H-pyrrole nitrogens is 1. The fourth-order valence-electron chi connectivity index (χ4n) is 2.09. The van der Waals surface area contributed by atoms with E-state index >= 15 is 0 Å². The predicted octanol–water partition coefficient (Wildman–Crippen LogP) is 1.93. The van der Waals surface area contributed by atoms with Crippen LogP contribution < -0.4 is 15.6 Å². The van der Waals surface area contributed by atoms with E-state index < -0.39 is 17.2 Å². The molecule has 2 aromatic rings. The first-order chi connectivity index (χ1) is 11.4. The molecule has 0 aliphatic rings. The van der Waals surface area contributed by atoms with Crippen LogP contribution in [0.2, 0.25) is 0 Å². The van der Waals surface area contributed by atoms with Crippen molar-refractivity contribution in [3.05, 3.63) is 51.7 Å². The van der Waals surface area contributed by atoms with Gasteiger partial charge in [-0.15, -0.1) is 0 Å². The van der Waals surface area contributed by atoms with Crippen molar-refractivity contribution in [2.24, 2.45) is 0 Å². The van der Waals surface area contributed by atoms with Crippen LogP contribution in [-0.4, -0.2) is 27.6 Å². The van der Waals surface area contributed by atoms with Crippen LogP contribution in [0.3, 0.4) is 0 Å². The summed E-state index contributed by atoms with van der Waals surface area (Å²) in [4.78, 5) is 30.5. The second-order valence-corrected chi connectivity index (χ2v) is 5.57. The molecule has 0 aliphatic carbocycles. The zero-order chi connectivity index (χ0) is 17.7. The molecule has 7 nitrogen and oxygen atoms in total. The lowest BCUT2D eigenvalue weighted by molar-refractivity contribution is 0.0942. The van der Waals surface area contributed by atoms with Crippen molar-refractivity contribution in [3.8, 4) is 11.5 Å². The summed E-state index contributed by atoms with van der Waals surface area (Å²) in [6.07, 6.45) is 0. The van der Waals surface area contributed by atoms with Crippen molar-refractivity contribution < 1.29 is 14.6 Å². The number of benzene rings is 1. The van der Waals surface area contributed by atoms with E-state index in [0.29, 0.717) is 18.2 Å². The largest absolute Gasteiger partial charge is 0.501 e. The standard InChI is InChI=1S/C17H21N3O4/c1-4-24-12-7-5-6-11(8-12)9-18-16(22)13-14(21)17(23)20-15(19-13)10(2)3/h5-8,10,21H,4,9H2,1-3H3,(H,18,22)(H,19,20,23). The molecule has 1 aromatic carbocycles. The Hall–Kier alpha value is -2.83. The van der Waals surface area contributed by atoms with E-state index in [4.69, 9.17) is 4.74 Å². The summed E-state index contributed by atoms with van der Waals surface area (Å²) < 4.78 is 5.40. The number of ether oxygens (including phenoxy) is 1. The normalized spacial score (nSPS) is 10.7. The lowest BCUT2D eigenvalue weighted by Gasteiger charge is -2.10. The molecule has 0 unspecified atom stereocenters. The molecular weight excluding hydrogens is 310 g/mol. The molecule has 0 saturated heterocycles. The van der Waals surface area contributed by atoms with Gasteiger partial charge in [-0.05, 0) is 24.6 Å². The Morgan fingerprint density at radius 2 is 2.17 bits per heavy atom. The average molecular weight is 331 g/mol.